The number of halogens is 3. The molecule has 0 saturated heterocycles. The summed E-state index contributed by atoms with van der Waals surface area (Å²) in [5, 5.41) is 0. The molecule has 0 N–H and O–H groups in total. The van der Waals surface area contributed by atoms with Crippen LogP contribution in [0.25, 0.3) is 0 Å². The lowest BCUT2D eigenvalue weighted by atomic mass is 9.90. The van der Waals surface area contributed by atoms with E-state index in [1.54, 1.807) is 6.92 Å². The summed E-state index contributed by atoms with van der Waals surface area (Å²) in [6, 6.07) is 12.4. The molecule has 0 aliphatic carbocycles. The smallest absolute Gasteiger partial charge is 0.293 e. The molecule has 110 valence electrons. The highest BCUT2D eigenvalue weighted by atomic mass is 19.4. The maximum atomic E-state index is 12.6. The third-order valence-corrected chi connectivity index (χ3v) is 3.51. The maximum Gasteiger partial charge on any atom is 0.416 e. The normalized spacial score (nSPS) is 13.0. The predicted molar refractivity (Wildman–Crippen MR) is 75.4 cm³/mol. The van der Waals surface area contributed by atoms with Crippen LogP contribution in [0.3, 0.4) is 0 Å². The van der Waals surface area contributed by atoms with E-state index in [4.69, 9.17) is 0 Å². The van der Waals surface area contributed by atoms with Gasteiger partial charge >= 0.3 is 6.18 Å². The minimum Gasteiger partial charge on any atom is -0.293 e. The van der Waals surface area contributed by atoms with Gasteiger partial charge in [-0.15, -0.1) is 0 Å². The van der Waals surface area contributed by atoms with Crippen LogP contribution in [0.5, 0.6) is 0 Å². The third-order valence-electron chi connectivity index (χ3n) is 3.51. The van der Waals surface area contributed by atoms with Crippen molar-refractivity contribution in [2.75, 3.05) is 0 Å². The first-order chi connectivity index (χ1) is 9.80. The van der Waals surface area contributed by atoms with Gasteiger partial charge in [0.05, 0.1) is 5.56 Å². The van der Waals surface area contributed by atoms with Gasteiger partial charge in [-0.25, -0.2) is 0 Å². The maximum absolute atomic E-state index is 12.6. The van der Waals surface area contributed by atoms with Gasteiger partial charge in [0.1, 0.15) is 0 Å². The second kappa shape index (κ2) is 5.72. The van der Waals surface area contributed by atoms with Crippen LogP contribution >= 0.6 is 0 Å². The molecule has 0 fully saturated rings. The Morgan fingerprint density at radius 1 is 1.05 bits per heavy atom. The topological polar surface area (TPSA) is 17.1 Å². The van der Waals surface area contributed by atoms with Crippen LogP contribution in [0.15, 0.2) is 48.5 Å². The summed E-state index contributed by atoms with van der Waals surface area (Å²) < 4.78 is 37.9. The monoisotopic (exact) mass is 292 g/mol. The molecule has 0 heterocycles. The zero-order chi connectivity index (χ0) is 15.6. The molecule has 0 radical (unpaired) electrons. The first-order valence-corrected chi connectivity index (χ1v) is 6.57. The van der Waals surface area contributed by atoms with Crippen molar-refractivity contribution in [2.45, 2.75) is 25.9 Å². The summed E-state index contributed by atoms with van der Waals surface area (Å²) in [7, 11) is 0. The lowest BCUT2D eigenvalue weighted by molar-refractivity contribution is -0.137. The molecule has 1 atom stereocenters. The number of Topliss-reactive ketones (excluding diaryl/α,β-unsaturated/α-hetero) is 1. The van der Waals surface area contributed by atoms with Crippen molar-refractivity contribution in [3.8, 4) is 0 Å². The molecule has 0 saturated carbocycles. The number of aryl methyl sites for hydroxylation is 1. The highest BCUT2D eigenvalue weighted by molar-refractivity contribution is 6.01. The molecule has 0 aliphatic heterocycles. The molecule has 1 nitrogen and oxygen atoms in total. The van der Waals surface area contributed by atoms with Crippen LogP contribution in [-0.4, -0.2) is 5.78 Å². The van der Waals surface area contributed by atoms with Crippen molar-refractivity contribution >= 4 is 5.78 Å². The molecule has 0 spiro atoms. The zero-order valence-electron chi connectivity index (χ0n) is 11.7. The summed E-state index contributed by atoms with van der Waals surface area (Å²) in [6.07, 6.45) is -4.39. The molecule has 2 aromatic carbocycles. The average molecular weight is 292 g/mol. The standard InChI is InChI=1S/C17H15F3O/c1-11-10-14(17(18,19)20)8-9-15(11)16(21)12(2)13-6-4-3-5-7-13/h3-10,12H,1-2H3. The van der Waals surface area contributed by atoms with E-state index >= 15 is 0 Å². The fraction of sp³-hybridized carbons (Fsp3) is 0.235. The molecule has 21 heavy (non-hydrogen) atoms. The molecule has 0 bridgehead atoms. The van der Waals surface area contributed by atoms with Gasteiger partial charge in [-0.05, 0) is 30.2 Å². The van der Waals surface area contributed by atoms with E-state index in [1.165, 1.54) is 13.0 Å². The second-order valence-electron chi connectivity index (χ2n) is 5.02. The first-order valence-electron chi connectivity index (χ1n) is 6.57. The lowest BCUT2D eigenvalue weighted by Crippen LogP contribution is -2.13. The summed E-state index contributed by atoms with van der Waals surface area (Å²) in [6.45, 7) is 3.29. The highest BCUT2D eigenvalue weighted by Gasteiger charge is 2.31. The van der Waals surface area contributed by atoms with E-state index < -0.39 is 11.7 Å². The number of benzene rings is 2. The van der Waals surface area contributed by atoms with E-state index in [0.29, 0.717) is 11.1 Å². The van der Waals surface area contributed by atoms with Gasteiger partial charge in [0.25, 0.3) is 0 Å². The molecular weight excluding hydrogens is 277 g/mol. The Kier molecular flexibility index (Phi) is 4.16. The highest BCUT2D eigenvalue weighted by Crippen LogP contribution is 2.31. The SMILES string of the molecule is Cc1cc(C(F)(F)F)ccc1C(=O)C(C)c1ccccc1. The van der Waals surface area contributed by atoms with Crippen molar-refractivity contribution in [1.29, 1.82) is 0 Å². The quantitative estimate of drug-likeness (QED) is 0.727. The van der Waals surface area contributed by atoms with Crippen LogP contribution < -0.4 is 0 Å². The van der Waals surface area contributed by atoms with Crippen LogP contribution in [0.4, 0.5) is 13.2 Å². The van der Waals surface area contributed by atoms with Gasteiger partial charge in [0.2, 0.25) is 0 Å². The van der Waals surface area contributed by atoms with Gasteiger partial charge in [0.15, 0.2) is 5.78 Å². The molecule has 2 rings (SSSR count). The van der Waals surface area contributed by atoms with Crippen LogP contribution in [0, 0.1) is 6.92 Å². The number of carbonyl (C=O) groups excluding carboxylic acids is 1. The van der Waals surface area contributed by atoms with E-state index in [9.17, 15) is 18.0 Å². The summed E-state index contributed by atoms with van der Waals surface area (Å²) in [4.78, 5) is 12.4. The Morgan fingerprint density at radius 3 is 2.19 bits per heavy atom. The number of hydrogen-bond acceptors (Lipinski definition) is 1. The molecule has 0 aliphatic rings. The first kappa shape index (κ1) is 15.3. The molecule has 0 aromatic heterocycles. The Labute approximate surface area is 121 Å². The van der Waals surface area contributed by atoms with Crippen LogP contribution in [0.1, 0.15) is 39.9 Å². The molecule has 4 heteroatoms. The van der Waals surface area contributed by atoms with Crippen LogP contribution in [0.2, 0.25) is 0 Å². The van der Waals surface area contributed by atoms with E-state index in [-0.39, 0.29) is 11.7 Å². The Balaban J connectivity index is 2.32. The van der Waals surface area contributed by atoms with E-state index in [1.807, 2.05) is 30.3 Å². The Hall–Kier alpha value is -2.10. The second-order valence-corrected chi connectivity index (χ2v) is 5.02. The Bertz CT molecular complexity index is 645. The summed E-state index contributed by atoms with van der Waals surface area (Å²) in [5.74, 6) is -0.561. The summed E-state index contributed by atoms with van der Waals surface area (Å²) >= 11 is 0. The average Bonchev–Trinajstić information content (AvgIpc) is 2.45. The minimum absolute atomic E-state index is 0.174. The lowest BCUT2D eigenvalue weighted by Gasteiger charge is -2.14. The number of ketones is 1. The van der Waals surface area contributed by atoms with E-state index in [0.717, 1.165) is 17.7 Å². The number of hydrogen-bond donors (Lipinski definition) is 0. The van der Waals surface area contributed by atoms with Gasteiger partial charge in [-0.1, -0.05) is 43.3 Å². The fourth-order valence-corrected chi connectivity index (χ4v) is 2.24. The molecular formula is C17H15F3O. The van der Waals surface area contributed by atoms with Crippen molar-refractivity contribution < 1.29 is 18.0 Å². The number of alkyl halides is 3. The molecule has 1 unspecified atom stereocenters. The van der Waals surface area contributed by atoms with Gasteiger partial charge < -0.3 is 0 Å². The van der Waals surface area contributed by atoms with Crippen LogP contribution in [-0.2, 0) is 6.18 Å². The predicted octanol–water partition coefficient (Wildman–Crippen LogP) is 5.00. The fourth-order valence-electron chi connectivity index (χ4n) is 2.24. The van der Waals surface area contributed by atoms with Crippen molar-refractivity contribution in [1.82, 2.24) is 0 Å². The van der Waals surface area contributed by atoms with Crippen molar-refractivity contribution in [3.63, 3.8) is 0 Å². The third kappa shape index (κ3) is 3.32. The Morgan fingerprint density at radius 2 is 1.67 bits per heavy atom. The molecule has 0 amide bonds. The zero-order valence-corrected chi connectivity index (χ0v) is 11.7. The molecule has 2 aromatic rings. The van der Waals surface area contributed by atoms with Crippen molar-refractivity contribution in [2.24, 2.45) is 0 Å². The number of carbonyl (C=O) groups is 1. The van der Waals surface area contributed by atoms with E-state index in [2.05, 4.69) is 0 Å². The van der Waals surface area contributed by atoms with Gasteiger partial charge in [-0.2, -0.15) is 13.2 Å². The number of rotatable bonds is 3. The minimum atomic E-state index is -4.39. The van der Waals surface area contributed by atoms with Crippen molar-refractivity contribution in [3.05, 3.63) is 70.8 Å². The largest absolute Gasteiger partial charge is 0.416 e. The van der Waals surface area contributed by atoms with Gasteiger partial charge in [-0.3, -0.25) is 4.79 Å². The van der Waals surface area contributed by atoms with Gasteiger partial charge in [0, 0.05) is 11.5 Å². The summed E-state index contributed by atoms with van der Waals surface area (Å²) in [5.41, 5.74) is 0.794.